The van der Waals surface area contributed by atoms with E-state index in [1.54, 1.807) is 60.5 Å². The van der Waals surface area contributed by atoms with Crippen LogP contribution in [-0.2, 0) is 4.79 Å². The SMILES string of the molecule is Cc1ccc(C(=O)N(C)c2ccc(OC(=O)COc3ccc(Br)cc3)cc2)cc1. The standard InChI is InChI=1S/C23H20BrNO4/c1-16-3-5-17(6-4-16)23(27)25(2)19-9-13-21(14-10-19)29-22(26)15-28-20-11-7-18(24)8-12-20/h3-14H,15H2,1-2H3. The summed E-state index contributed by atoms with van der Waals surface area (Å²) in [6.07, 6.45) is 0. The van der Waals surface area contributed by atoms with Gasteiger partial charge in [0, 0.05) is 22.8 Å². The molecule has 3 rings (SSSR count). The minimum absolute atomic E-state index is 0.113. The molecule has 148 valence electrons. The molecule has 5 nitrogen and oxygen atoms in total. The van der Waals surface area contributed by atoms with Gasteiger partial charge in [0.05, 0.1) is 0 Å². The molecular weight excluding hydrogens is 434 g/mol. The highest BCUT2D eigenvalue weighted by Gasteiger charge is 2.14. The first-order valence-electron chi connectivity index (χ1n) is 8.96. The van der Waals surface area contributed by atoms with Gasteiger partial charge in [-0.2, -0.15) is 0 Å². The fourth-order valence-electron chi connectivity index (χ4n) is 2.58. The molecule has 3 aromatic rings. The molecule has 0 saturated carbocycles. The Balaban J connectivity index is 1.56. The highest BCUT2D eigenvalue weighted by Crippen LogP contribution is 2.21. The monoisotopic (exact) mass is 453 g/mol. The molecule has 0 spiro atoms. The van der Waals surface area contributed by atoms with E-state index in [0.29, 0.717) is 22.7 Å². The Bertz CT molecular complexity index is 983. The van der Waals surface area contributed by atoms with Crippen LogP contribution in [0.15, 0.2) is 77.3 Å². The molecule has 0 unspecified atom stereocenters. The Morgan fingerprint density at radius 3 is 2.07 bits per heavy atom. The van der Waals surface area contributed by atoms with E-state index < -0.39 is 5.97 Å². The molecule has 29 heavy (non-hydrogen) atoms. The van der Waals surface area contributed by atoms with Crippen LogP contribution in [0, 0.1) is 6.92 Å². The molecule has 0 aliphatic heterocycles. The van der Waals surface area contributed by atoms with Gasteiger partial charge in [-0.15, -0.1) is 0 Å². The lowest BCUT2D eigenvalue weighted by molar-refractivity contribution is -0.136. The van der Waals surface area contributed by atoms with Crippen LogP contribution in [0.3, 0.4) is 0 Å². The Morgan fingerprint density at radius 2 is 1.45 bits per heavy atom. The van der Waals surface area contributed by atoms with E-state index >= 15 is 0 Å². The van der Waals surface area contributed by atoms with Gasteiger partial charge in [0.1, 0.15) is 11.5 Å². The van der Waals surface area contributed by atoms with Crippen molar-refractivity contribution in [2.24, 2.45) is 0 Å². The molecule has 3 aromatic carbocycles. The molecule has 0 N–H and O–H groups in total. The van der Waals surface area contributed by atoms with Crippen molar-refractivity contribution in [1.82, 2.24) is 0 Å². The maximum Gasteiger partial charge on any atom is 0.349 e. The molecule has 0 aliphatic carbocycles. The summed E-state index contributed by atoms with van der Waals surface area (Å²) in [7, 11) is 1.70. The van der Waals surface area contributed by atoms with Crippen LogP contribution in [0.5, 0.6) is 11.5 Å². The van der Waals surface area contributed by atoms with Gasteiger partial charge in [0.25, 0.3) is 5.91 Å². The molecule has 0 atom stereocenters. The number of amides is 1. The van der Waals surface area contributed by atoms with Gasteiger partial charge in [-0.3, -0.25) is 4.79 Å². The van der Waals surface area contributed by atoms with E-state index in [1.165, 1.54) is 0 Å². The molecule has 0 aliphatic rings. The topological polar surface area (TPSA) is 55.8 Å². The van der Waals surface area contributed by atoms with Gasteiger partial charge < -0.3 is 14.4 Å². The average molecular weight is 454 g/mol. The first kappa shape index (κ1) is 20.6. The third-order valence-electron chi connectivity index (χ3n) is 4.23. The molecule has 0 saturated heterocycles. The first-order valence-corrected chi connectivity index (χ1v) is 9.75. The minimum atomic E-state index is -0.509. The van der Waals surface area contributed by atoms with Crippen molar-refractivity contribution in [2.45, 2.75) is 6.92 Å². The number of ether oxygens (including phenoxy) is 2. The van der Waals surface area contributed by atoms with Crippen LogP contribution >= 0.6 is 15.9 Å². The van der Waals surface area contributed by atoms with E-state index in [-0.39, 0.29) is 12.5 Å². The molecule has 0 fully saturated rings. The van der Waals surface area contributed by atoms with Gasteiger partial charge in [-0.1, -0.05) is 33.6 Å². The number of esters is 1. The van der Waals surface area contributed by atoms with E-state index in [2.05, 4.69) is 15.9 Å². The minimum Gasteiger partial charge on any atom is -0.482 e. The summed E-state index contributed by atoms with van der Waals surface area (Å²) in [4.78, 5) is 26.1. The van der Waals surface area contributed by atoms with Gasteiger partial charge in [-0.25, -0.2) is 4.79 Å². The zero-order valence-corrected chi connectivity index (χ0v) is 17.7. The largest absolute Gasteiger partial charge is 0.482 e. The second kappa shape index (κ2) is 9.39. The quantitative estimate of drug-likeness (QED) is 0.388. The van der Waals surface area contributed by atoms with E-state index in [0.717, 1.165) is 10.0 Å². The number of aryl methyl sites for hydroxylation is 1. The van der Waals surface area contributed by atoms with Crippen molar-refractivity contribution in [3.63, 3.8) is 0 Å². The number of rotatable bonds is 6. The summed E-state index contributed by atoms with van der Waals surface area (Å²) in [5.74, 6) is 0.341. The van der Waals surface area contributed by atoms with Crippen LogP contribution in [0.2, 0.25) is 0 Å². The smallest absolute Gasteiger partial charge is 0.349 e. The predicted octanol–water partition coefficient (Wildman–Crippen LogP) is 5.02. The highest BCUT2D eigenvalue weighted by atomic mass is 79.9. The van der Waals surface area contributed by atoms with Gasteiger partial charge in [0.15, 0.2) is 6.61 Å². The van der Waals surface area contributed by atoms with Gasteiger partial charge in [0.2, 0.25) is 0 Å². The van der Waals surface area contributed by atoms with Gasteiger partial charge in [-0.05, 0) is 67.6 Å². The zero-order valence-electron chi connectivity index (χ0n) is 16.1. The summed E-state index contributed by atoms with van der Waals surface area (Å²) in [6.45, 7) is 1.77. The number of hydrogen-bond donors (Lipinski definition) is 0. The van der Waals surface area contributed by atoms with Crippen LogP contribution in [0.1, 0.15) is 15.9 Å². The highest BCUT2D eigenvalue weighted by molar-refractivity contribution is 9.10. The predicted molar refractivity (Wildman–Crippen MR) is 116 cm³/mol. The normalized spacial score (nSPS) is 10.3. The van der Waals surface area contributed by atoms with Crippen molar-refractivity contribution >= 4 is 33.5 Å². The van der Waals surface area contributed by atoms with Crippen LogP contribution in [0.25, 0.3) is 0 Å². The molecule has 1 amide bonds. The number of nitrogens with zero attached hydrogens (tertiary/aromatic N) is 1. The maximum absolute atomic E-state index is 12.6. The number of halogens is 1. The van der Waals surface area contributed by atoms with E-state index in [9.17, 15) is 9.59 Å². The summed E-state index contributed by atoms with van der Waals surface area (Å²) in [5, 5.41) is 0. The Hall–Kier alpha value is -3.12. The first-order chi connectivity index (χ1) is 13.9. The molecule has 0 heterocycles. The van der Waals surface area contributed by atoms with Crippen molar-refractivity contribution < 1.29 is 19.1 Å². The van der Waals surface area contributed by atoms with E-state index in [1.807, 2.05) is 31.2 Å². The number of benzene rings is 3. The second-order valence-electron chi connectivity index (χ2n) is 6.44. The number of hydrogen-bond acceptors (Lipinski definition) is 4. The van der Waals surface area contributed by atoms with Crippen LogP contribution in [-0.4, -0.2) is 25.5 Å². The lowest BCUT2D eigenvalue weighted by Crippen LogP contribution is -2.26. The maximum atomic E-state index is 12.6. The lowest BCUT2D eigenvalue weighted by Gasteiger charge is -2.18. The zero-order chi connectivity index (χ0) is 20.8. The Kier molecular flexibility index (Phi) is 6.67. The third kappa shape index (κ3) is 5.68. The molecule has 6 heteroatoms. The summed E-state index contributed by atoms with van der Waals surface area (Å²) < 4.78 is 11.6. The third-order valence-corrected chi connectivity index (χ3v) is 4.76. The average Bonchev–Trinajstić information content (AvgIpc) is 2.73. The fourth-order valence-corrected chi connectivity index (χ4v) is 2.84. The van der Waals surface area contributed by atoms with Gasteiger partial charge >= 0.3 is 5.97 Å². The van der Waals surface area contributed by atoms with Crippen molar-refractivity contribution in [3.8, 4) is 11.5 Å². The Morgan fingerprint density at radius 1 is 0.862 bits per heavy atom. The Labute approximate surface area is 178 Å². The van der Waals surface area contributed by atoms with E-state index in [4.69, 9.17) is 9.47 Å². The number of carbonyl (C=O) groups excluding carboxylic acids is 2. The van der Waals surface area contributed by atoms with Crippen LogP contribution < -0.4 is 14.4 Å². The second-order valence-corrected chi connectivity index (χ2v) is 7.36. The summed E-state index contributed by atoms with van der Waals surface area (Å²) in [6, 6.07) is 21.3. The van der Waals surface area contributed by atoms with Crippen molar-refractivity contribution in [3.05, 3.63) is 88.4 Å². The van der Waals surface area contributed by atoms with Crippen LogP contribution in [0.4, 0.5) is 5.69 Å². The fraction of sp³-hybridized carbons (Fsp3) is 0.130. The van der Waals surface area contributed by atoms with Crippen molar-refractivity contribution in [2.75, 3.05) is 18.6 Å². The molecule has 0 aromatic heterocycles. The van der Waals surface area contributed by atoms with Crippen molar-refractivity contribution in [1.29, 1.82) is 0 Å². The summed E-state index contributed by atoms with van der Waals surface area (Å²) >= 11 is 3.34. The number of anilines is 1. The molecule has 0 radical (unpaired) electrons. The molecule has 0 bridgehead atoms. The summed E-state index contributed by atoms with van der Waals surface area (Å²) in [5.41, 5.74) is 2.40. The lowest BCUT2D eigenvalue weighted by atomic mass is 10.1. The molecular formula is C23H20BrNO4. The number of carbonyl (C=O) groups is 2.